The molecule has 0 aliphatic rings. The van der Waals surface area contributed by atoms with E-state index in [9.17, 15) is 0 Å². The van der Waals surface area contributed by atoms with Crippen molar-refractivity contribution in [3.63, 3.8) is 0 Å². The molecule has 0 saturated heterocycles. The third kappa shape index (κ3) is 6.20. The van der Waals surface area contributed by atoms with E-state index in [0.29, 0.717) is 36.6 Å². The van der Waals surface area contributed by atoms with Crippen LogP contribution in [0, 0.1) is 6.92 Å². The standard InChI is InChI=1S/C22H31N7O4S/c1-14-10-24-18(11-23-14)20(33-6)15(2)34-28-22-27-26-21(17-8-7-9-19(25-17)32-5)29(22)16(12-30-3)13-31-4/h7-11,15-16,20H,12-13H2,1-6H3,(H,27,28)/t15-,20?/m0/s1. The van der Waals surface area contributed by atoms with Crippen LogP contribution in [0.5, 0.6) is 5.88 Å². The molecule has 0 aliphatic carbocycles. The van der Waals surface area contributed by atoms with Gasteiger partial charge in [0, 0.05) is 33.6 Å². The number of ether oxygens (including phenoxy) is 4. The van der Waals surface area contributed by atoms with Gasteiger partial charge in [-0.25, -0.2) is 4.98 Å². The van der Waals surface area contributed by atoms with Gasteiger partial charge in [0.1, 0.15) is 11.8 Å². The fraction of sp³-hybridized carbons (Fsp3) is 0.500. The van der Waals surface area contributed by atoms with Crippen LogP contribution in [0.3, 0.4) is 0 Å². The number of rotatable bonds is 13. The van der Waals surface area contributed by atoms with Crippen LogP contribution in [0.1, 0.15) is 30.5 Å². The molecule has 1 N–H and O–H groups in total. The van der Waals surface area contributed by atoms with Gasteiger partial charge in [0.2, 0.25) is 11.8 Å². The number of hydrogen-bond acceptors (Lipinski definition) is 11. The largest absolute Gasteiger partial charge is 0.481 e. The zero-order chi connectivity index (χ0) is 24.5. The van der Waals surface area contributed by atoms with Gasteiger partial charge in [0.25, 0.3) is 0 Å². The molecule has 184 valence electrons. The summed E-state index contributed by atoms with van der Waals surface area (Å²) in [5.74, 6) is 1.60. The predicted molar refractivity (Wildman–Crippen MR) is 130 cm³/mol. The van der Waals surface area contributed by atoms with E-state index in [0.717, 1.165) is 11.4 Å². The Morgan fingerprint density at radius 3 is 2.41 bits per heavy atom. The van der Waals surface area contributed by atoms with Crippen molar-refractivity contribution in [1.29, 1.82) is 0 Å². The highest BCUT2D eigenvalue weighted by molar-refractivity contribution is 8.01. The summed E-state index contributed by atoms with van der Waals surface area (Å²) in [4.78, 5) is 13.3. The molecule has 0 amide bonds. The Balaban J connectivity index is 1.89. The summed E-state index contributed by atoms with van der Waals surface area (Å²) in [6.45, 7) is 4.74. The molecule has 0 aromatic carbocycles. The normalized spacial score (nSPS) is 13.1. The molecular weight excluding hydrogens is 458 g/mol. The van der Waals surface area contributed by atoms with Crippen molar-refractivity contribution in [3.05, 3.63) is 42.0 Å². The molecule has 0 saturated carbocycles. The third-order valence-electron chi connectivity index (χ3n) is 5.05. The monoisotopic (exact) mass is 489 g/mol. The third-order valence-corrected chi connectivity index (χ3v) is 5.97. The molecule has 0 spiro atoms. The minimum absolute atomic E-state index is 0.0196. The lowest BCUT2D eigenvalue weighted by Crippen LogP contribution is -2.23. The molecule has 0 radical (unpaired) electrons. The minimum Gasteiger partial charge on any atom is -0.481 e. The molecule has 3 rings (SSSR count). The topological polar surface area (TPSA) is 118 Å². The Labute approximate surface area is 203 Å². The number of aromatic nitrogens is 6. The van der Waals surface area contributed by atoms with E-state index >= 15 is 0 Å². The molecule has 12 heteroatoms. The van der Waals surface area contributed by atoms with Crippen LogP contribution in [0.25, 0.3) is 11.5 Å². The van der Waals surface area contributed by atoms with Gasteiger partial charge in [-0.3, -0.25) is 19.3 Å². The van der Waals surface area contributed by atoms with E-state index in [1.165, 1.54) is 11.9 Å². The zero-order valence-electron chi connectivity index (χ0n) is 20.3. The van der Waals surface area contributed by atoms with Crippen LogP contribution >= 0.6 is 11.9 Å². The summed E-state index contributed by atoms with van der Waals surface area (Å²) >= 11 is 1.45. The van der Waals surface area contributed by atoms with Gasteiger partial charge in [0.15, 0.2) is 5.82 Å². The van der Waals surface area contributed by atoms with Crippen LogP contribution in [0.4, 0.5) is 5.95 Å². The van der Waals surface area contributed by atoms with Crippen LogP contribution < -0.4 is 9.46 Å². The second-order valence-electron chi connectivity index (χ2n) is 7.51. The lowest BCUT2D eigenvalue weighted by molar-refractivity contribution is 0.0908. The minimum atomic E-state index is -0.268. The first-order chi connectivity index (χ1) is 16.5. The summed E-state index contributed by atoms with van der Waals surface area (Å²) in [5.41, 5.74) is 2.24. The Hall–Kier alpha value is -2.80. The summed E-state index contributed by atoms with van der Waals surface area (Å²) in [7, 11) is 6.52. The highest BCUT2D eigenvalue weighted by atomic mass is 32.2. The Kier molecular flexibility index (Phi) is 9.57. The van der Waals surface area contributed by atoms with Crippen molar-refractivity contribution in [2.45, 2.75) is 31.2 Å². The van der Waals surface area contributed by atoms with Gasteiger partial charge in [-0.05, 0) is 31.9 Å². The predicted octanol–water partition coefficient (Wildman–Crippen LogP) is 3.12. The van der Waals surface area contributed by atoms with Gasteiger partial charge in [-0.1, -0.05) is 6.07 Å². The van der Waals surface area contributed by atoms with Crippen LogP contribution in [-0.2, 0) is 14.2 Å². The smallest absolute Gasteiger partial charge is 0.235 e. The average Bonchev–Trinajstić information content (AvgIpc) is 3.28. The van der Waals surface area contributed by atoms with Crippen molar-refractivity contribution in [3.8, 4) is 17.4 Å². The molecule has 0 bridgehead atoms. The number of pyridine rings is 1. The maximum Gasteiger partial charge on any atom is 0.235 e. The van der Waals surface area contributed by atoms with Crippen LogP contribution in [0.15, 0.2) is 30.6 Å². The van der Waals surface area contributed by atoms with E-state index in [-0.39, 0.29) is 17.4 Å². The number of nitrogens with one attached hydrogen (secondary N) is 1. The van der Waals surface area contributed by atoms with E-state index in [1.54, 1.807) is 46.9 Å². The molecule has 34 heavy (non-hydrogen) atoms. The van der Waals surface area contributed by atoms with Gasteiger partial charge in [0.05, 0.1) is 49.2 Å². The Bertz CT molecular complexity index is 1030. The second kappa shape index (κ2) is 12.6. The summed E-state index contributed by atoms with van der Waals surface area (Å²) in [6.07, 6.45) is 3.20. The molecule has 0 fully saturated rings. The Morgan fingerprint density at radius 2 is 1.79 bits per heavy atom. The summed E-state index contributed by atoms with van der Waals surface area (Å²) < 4.78 is 27.2. The first kappa shape index (κ1) is 25.8. The SMILES string of the molecule is COCC(COC)n1c(NS[C@@H](C)C(OC)c2cnc(C)cn2)nnc1-c1cccc(OC)n1. The summed E-state index contributed by atoms with van der Waals surface area (Å²) in [5, 5.41) is 8.79. The lowest BCUT2D eigenvalue weighted by Gasteiger charge is -2.24. The fourth-order valence-corrected chi connectivity index (χ4v) is 4.23. The molecule has 3 heterocycles. The van der Waals surface area contributed by atoms with E-state index in [4.69, 9.17) is 18.9 Å². The number of aryl methyl sites for hydroxylation is 1. The molecule has 0 aliphatic heterocycles. The highest BCUT2D eigenvalue weighted by Crippen LogP contribution is 2.31. The quantitative estimate of drug-likeness (QED) is 0.357. The maximum absolute atomic E-state index is 5.71. The maximum atomic E-state index is 5.71. The number of anilines is 1. The highest BCUT2D eigenvalue weighted by Gasteiger charge is 2.26. The molecule has 3 aromatic rings. The van der Waals surface area contributed by atoms with Gasteiger partial charge in [-0.15, -0.1) is 10.2 Å². The molecule has 1 unspecified atom stereocenters. The first-order valence-corrected chi connectivity index (χ1v) is 11.6. The van der Waals surface area contributed by atoms with Gasteiger partial charge >= 0.3 is 0 Å². The molecular formula is C22H31N7O4S. The zero-order valence-corrected chi connectivity index (χ0v) is 21.1. The average molecular weight is 490 g/mol. The van der Waals surface area contributed by atoms with Gasteiger partial charge < -0.3 is 18.9 Å². The first-order valence-electron chi connectivity index (χ1n) is 10.7. The number of nitrogens with zero attached hydrogens (tertiary/aromatic N) is 6. The van der Waals surface area contributed by atoms with E-state index in [1.807, 2.05) is 30.5 Å². The number of hydrogen-bond donors (Lipinski definition) is 1. The van der Waals surface area contributed by atoms with Crippen LogP contribution in [0.2, 0.25) is 0 Å². The summed E-state index contributed by atoms with van der Waals surface area (Å²) in [6, 6.07) is 5.31. The Morgan fingerprint density at radius 1 is 1.03 bits per heavy atom. The molecule has 11 nitrogen and oxygen atoms in total. The van der Waals surface area contributed by atoms with Crippen molar-refractivity contribution < 1.29 is 18.9 Å². The van der Waals surface area contributed by atoms with E-state index < -0.39 is 0 Å². The van der Waals surface area contributed by atoms with Crippen molar-refractivity contribution in [2.24, 2.45) is 0 Å². The molecule has 3 aromatic heterocycles. The van der Waals surface area contributed by atoms with Crippen LogP contribution in [-0.4, -0.2) is 76.6 Å². The second-order valence-corrected chi connectivity index (χ2v) is 8.69. The fourth-order valence-electron chi connectivity index (χ4n) is 3.43. The molecule has 2 atom stereocenters. The van der Waals surface area contributed by atoms with Crippen molar-refractivity contribution >= 4 is 17.9 Å². The van der Waals surface area contributed by atoms with Gasteiger partial charge in [-0.2, -0.15) is 0 Å². The van der Waals surface area contributed by atoms with Crippen molar-refractivity contribution in [1.82, 2.24) is 29.7 Å². The van der Waals surface area contributed by atoms with Crippen molar-refractivity contribution in [2.75, 3.05) is 46.4 Å². The lowest BCUT2D eigenvalue weighted by atomic mass is 10.2. The van der Waals surface area contributed by atoms with E-state index in [2.05, 4.69) is 29.9 Å². The number of methoxy groups -OCH3 is 4.